The SMILES string of the molecule is CC1CCC(O)C(C2CCCCN2C(=O)c2ccc(C3(C)NC(=O)NC3=O)cc2)C1. The zero-order valence-corrected chi connectivity index (χ0v) is 17.7. The maximum atomic E-state index is 13.4. The summed E-state index contributed by atoms with van der Waals surface area (Å²) in [6.07, 6.45) is 5.46. The van der Waals surface area contributed by atoms with Crippen LogP contribution in [-0.2, 0) is 10.3 Å². The summed E-state index contributed by atoms with van der Waals surface area (Å²) in [5.74, 6) is 0.281. The Hall–Kier alpha value is -2.41. The molecule has 30 heavy (non-hydrogen) atoms. The number of rotatable bonds is 3. The van der Waals surface area contributed by atoms with Gasteiger partial charge in [-0.2, -0.15) is 0 Å². The van der Waals surface area contributed by atoms with Gasteiger partial charge in [-0.05, 0) is 69.1 Å². The van der Waals surface area contributed by atoms with Crippen LogP contribution in [0.15, 0.2) is 24.3 Å². The third-order valence-corrected chi connectivity index (χ3v) is 7.18. The minimum absolute atomic E-state index is 0.0262. The van der Waals surface area contributed by atoms with Gasteiger partial charge in [-0.25, -0.2) is 4.79 Å². The van der Waals surface area contributed by atoms with Crippen LogP contribution in [0.25, 0.3) is 0 Å². The highest BCUT2D eigenvalue weighted by Crippen LogP contribution is 2.37. The van der Waals surface area contributed by atoms with Crippen LogP contribution in [0, 0.1) is 11.8 Å². The van der Waals surface area contributed by atoms with E-state index in [4.69, 9.17) is 0 Å². The number of aliphatic hydroxyl groups is 1. The smallest absolute Gasteiger partial charge is 0.322 e. The molecule has 2 aliphatic heterocycles. The number of nitrogens with one attached hydrogen (secondary N) is 2. The zero-order valence-electron chi connectivity index (χ0n) is 17.7. The van der Waals surface area contributed by atoms with Crippen LogP contribution in [-0.4, -0.2) is 46.5 Å². The Morgan fingerprint density at radius 2 is 1.87 bits per heavy atom. The average molecular weight is 414 g/mol. The molecule has 7 heteroatoms. The van der Waals surface area contributed by atoms with Gasteiger partial charge in [0, 0.05) is 24.1 Å². The topological polar surface area (TPSA) is 98.7 Å². The third kappa shape index (κ3) is 3.71. The lowest BCUT2D eigenvalue weighted by Crippen LogP contribution is -2.51. The van der Waals surface area contributed by atoms with Gasteiger partial charge < -0.3 is 15.3 Å². The lowest BCUT2D eigenvalue weighted by molar-refractivity contribution is -0.123. The van der Waals surface area contributed by atoms with Crippen molar-refractivity contribution < 1.29 is 19.5 Å². The van der Waals surface area contributed by atoms with Gasteiger partial charge in [0.1, 0.15) is 5.54 Å². The Bertz CT molecular complexity index is 839. The number of nitrogens with zero attached hydrogens (tertiary/aromatic N) is 1. The normalized spacial score (nSPS) is 34.4. The summed E-state index contributed by atoms with van der Waals surface area (Å²) in [4.78, 5) is 39.0. The van der Waals surface area contributed by atoms with E-state index in [1.165, 1.54) is 0 Å². The molecule has 0 aromatic heterocycles. The number of hydrogen-bond donors (Lipinski definition) is 3. The minimum atomic E-state index is -1.13. The first-order chi connectivity index (χ1) is 14.3. The van der Waals surface area contributed by atoms with E-state index in [-0.39, 0.29) is 24.0 Å². The van der Waals surface area contributed by atoms with Crippen LogP contribution < -0.4 is 10.6 Å². The fourth-order valence-corrected chi connectivity index (χ4v) is 5.34. The highest BCUT2D eigenvalue weighted by Gasteiger charge is 2.44. The lowest BCUT2D eigenvalue weighted by Gasteiger charge is -2.45. The fraction of sp³-hybridized carbons (Fsp3) is 0.609. The van der Waals surface area contributed by atoms with E-state index < -0.39 is 17.5 Å². The fourth-order valence-electron chi connectivity index (χ4n) is 5.34. The molecule has 162 valence electrons. The number of likely N-dealkylation sites (tertiary alicyclic amines) is 1. The Morgan fingerprint density at radius 3 is 2.53 bits per heavy atom. The number of aliphatic hydroxyl groups excluding tert-OH is 1. The number of amides is 4. The molecule has 0 radical (unpaired) electrons. The van der Waals surface area contributed by atoms with Gasteiger partial charge in [-0.1, -0.05) is 19.1 Å². The minimum Gasteiger partial charge on any atom is -0.393 e. The Labute approximate surface area is 177 Å². The van der Waals surface area contributed by atoms with E-state index in [1.807, 2.05) is 4.90 Å². The van der Waals surface area contributed by atoms with Crippen LogP contribution in [0.2, 0.25) is 0 Å². The molecule has 3 fully saturated rings. The van der Waals surface area contributed by atoms with Crippen molar-refractivity contribution in [1.29, 1.82) is 0 Å². The van der Waals surface area contributed by atoms with Crippen molar-refractivity contribution in [3.63, 3.8) is 0 Å². The largest absolute Gasteiger partial charge is 0.393 e. The summed E-state index contributed by atoms with van der Waals surface area (Å²) >= 11 is 0. The maximum absolute atomic E-state index is 13.4. The van der Waals surface area contributed by atoms with Crippen molar-refractivity contribution in [3.8, 4) is 0 Å². The van der Waals surface area contributed by atoms with E-state index in [0.29, 0.717) is 23.6 Å². The molecule has 1 saturated carbocycles. The van der Waals surface area contributed by atoms with E-state index in [2.05, 4.69) is 17.6 Å². The third-order valence-electron chi connectivity index (χ3n) is 7.18. The molecule has 1 aromatic carbocycles. The molecule has 4 rings (SSSR count). The van der Waals surface area contributed by atoms with Crippen molar-refractivity contribution in [2.75, 3.05) is 6.54 Å². The molecule has 5 atom stereocenters. The summed E-state index contributed by atoms with van der Waals surface area (Å²) in [5, 5.41) is 15.5. The molecule has 4 amide bonds. The molecule has 7 nitrogen and oxygen atoms in total. The van der Waals surface area contributed by atoms with Crippen LogP contribution in [0.4, 0.5) is 4.79 Å². The van der Waals surface area contributed by atoms with Gasteiger partial charge in [0.2, 0.25) is 0 Å². The summed E-state index contributed by atoms with van der Waals surface area (Å²) in [5.41, 5.74) is 0.0701. The second kappa shape index (κ2) is 8.02. The van der Waals surface area contributed by atoms with E-state index in [9.17, 15) is 19.5 Å². The molecule has 3 aliphatic rings. The number of benzene rings is 1. The molecule has 2 saturated heterocycles. The van der Waals surface area contributed by atoms with Gasteiger partial charge in [0.05, 0.1) is 6.10 Å². The standard InChI is InChI=1S/C23H31N3O4/c1-14-6-11-19(27)17(13-14)18-5-3-4-12-26(18)20(28)15-7-9-16(10-8-15)23(2)21(29)24-22(30)25-23/h7-10,14,17-19,27H,3-6,11-13H2,1-2H3,(H2,24,25,29,30). The first-order valence-corrected chi connectivity index (χ1v) is 11.0. The van der Waals surface area contributed by atoms with Crippen LogP contribution in [0.3, 0.4) is 0 Å². The molecule has 1 aromatic rings. The summed E-state index contributed by atoms with van der Waals surface area (Å²) in [6, 6.07) is 6.47. The Balaban J connectivity index is 1.54. The number of imide groups is 1. The number of hydrogen-bond acceptors (Lipinski definition) is 4. The lowest BCUT2D eigenvalue weighted by atomic mass is 9.74. The maximum Gasteiger partial charge on any atom is 0.322 e. The zero-order chi connectivity index (χ0) is 21.5. The first kappa shape index (κ1) is 20.8. The highest BCUT2D eigenvalue weighted by atomic mass is 16.3. The number of piperidine rings is 1. The molecular weight excluding hydrogens is 382 g/mol. The predicted octanol–water partition coefficient (Wildman–Crippen LogP) is 2.53. The number of carbonyl (C=O) groups is 3. The van der Waals surface area contributed by atoms with Crippen molar-refractivity contribution in [2.45, 2.75) is 70.1 Å². The Kier molecular flexibility index (Phi) is 5.57. The van der Waals surface area contributed by atoms with Gasteiger partial charge in [-0.15, -0.1) is 0 Å². The average Bonchev–Trinajstić information content (AvgIpc) is 3.01. The molecule has 1 aliphatic carbocycles. The van der Waals surface area contributed by atoms with E-state index >= 15 is 0 Å². The van der Waals surface area contributed by atoms with Crippen LogP contribution >= 0.6 is 0 Å². The molecule has 0 spiro atoms. The van der Waals surface area contributed by atoms with E-state index in [1.54, 1.807) is 31.2 Å². The molecular formula is C23H31N3O4. The number of carbonyl (C=O) groups excluding carboxylic acids is 3. The second-order valence-corrected chi connectivity index (χ2v) is 9.32. The van der Waals surface area contributed by atoms with Crippen LogP contribution in [0.5, 0.6) is 0 Å². The molecule has 3 N–H and O–H groups in total. The first-order valence-electron chi connectivity index (χ1n) is 11.0. The van der Waals surface area contributed by atoms with Gasteiger partial charge in [-0.3, -0.25) is 14.9 Å². The molecule has 2 heterocycles. The van der Waals surface area contributed by atoms with Crippen molar-refractivity contribution in [2.24, 2.45) is 11.8 Å². The van der Waals surface area contributed by atoms with Gasteiger partial charge >= 0.3 is 6.03 Å². The quantitative estimate of drug-likeness (QED) is 0.663. The predicted molar refractivity (Wildman–Crippen MR) is 112 cm³/mol. The van der Waals surface area contributed by atoms with Gasteiger partial charge in [0.15, 0.2) is 0 Å². The van der Waals surface area contributed by atoms with Crippen molar-refractivity contribution >= 4 is 17.8 Å². The van der Waals surface area contributed by atoms with Crippen molar-refractivity contribution in [3.05, 3.63) is 35.4 Å². The summed E-state index contributed by atoms with van der Waals surface area (Å²) in [7, 11) is 0. The summed E-state index contributed by atoms with van der Waals surface area (Å²) < 4.78 is 0. The second-order valence-electron chi connectivity index (χ2n) is 9.32. The highest BCUT2D eigenvalue weighted by molar-refractivity contribution is 6.07. The number of urea groups is 1. The Morgan fingerprint density at radius 1 is 1.13 bits per heavy atom. The van der Waals surface area contributed by atoms with Crippen LogP contribution in [0.1, 0.15) is 68.3 Å². The van der Waals surface area contributed by atoms with Gasteiger partial charge in [0.25, 0.3) is 11.8 Å². The van der Waals surface area contributed by atoms with E-state index in [0.717, 1.165) is 38.5 Å². The molecule has 0 bridgehead atoms. The van der Waals surface area contributed by atoms with Crippen molar-refractivity contribution in [1.82, 2.24) is 15.5 Å². The monoisotopic (exact) mass is 413 g/mol. The summed E-state index contributed by atoms with van der Waals surface area (Å²) in [6.45, 7) is 4.58. The molecule has 5 unspecified atom stereocenters.